The highest BCUT2D eigenvalue weighted by Crippen LogP contribution is 2.17. The first-order valence-corrected chi connectivity index (χ1v) is 7.27. The monoisotopic (exact) mass is 247 g/mol. The zero-order valence-corrected chi connectivity index (χ0v) is 9.87. The number of hydrogen-bond donors (Lipinski definition) is 2. The first-order valence-electron chi connectivity index (χ1n) is 5.45. The smallest absolute Gasteiger partial charge is 0.221 e. The molecule has 7 heteroatoms. The molecule has 6 nitrogen and oxygen atoms in total. The SMILES string of the molecule is NC1CS(=O)(=O)CC1N1CCNC(=O)CC1. The van der Waals surface area contributed by atoms with Crippen molar-refractivity contribution in [1.29, 1.82) is 0 Å². The maximum Gasteiger partial charge on any atom is 0.221 e. The lowest BCUT2D eigenvalue weighted by Crippen LogP contribution is -2.48. The van der Waals surface area contributed by atoms with E-state index in [4.69, 9.17) is 5.73 Å². The van der Waals surface area contributed by atoms with E-state index in [2.05, 4.69) is 5.32 Å². The first-order chi connectivity index (χ1) is 7.48. The predicted octanol–water partition coefficient (Wildman–Crippen LogP) is -2.07. The molecule has 2 atom stereocenters. The quantitative estimate of drug-likeness (QED) is 0.555. The maximum atomic E-state index is 11.5. The standard InChI is InChI=1S/C9H17N3O3S/c10-7-5-16(14,15)6-8(7)12-3-1-9(13)11-2-4-12/h7-8H,1-6,10H2,(H,11,13). The Labute approximate surface area is 95.1 Å². The second-order valence-corrected chi connectivity index (χ2v) is 6.60. The van der Waals surface area contributed by atoms with Gasteiger partial charge < -0.3 is 11.1 Å². The molecule has 2 aliphatic heterocycles. The van der Waals surface area contributed by atoms with Crippen molar-refractivity contribution in [2.24, 2.45) is 5.73 Å². The Morgan fingerprint density at radius 3 is 2.69 bits per heavy atom. The Bertz CT molecular complexity index is 381. The molecule has 0 spiro atoms. The number of nitrogens with one attached hydrogen (secondary N) is 1. The van der Waals surface area contributed by atoms with E-state index in [1.165, 1.54) is 0 Å². The van der Waals surface area contributed by atoms with Crippen LogP contribution in [0.1, 0.15) is 6.42 Å². The fourth-order valence-electron chi connectivity index (χ4n) is 2.35. The van der Waals surface area contributed by atoms with Gasteiger partial charge in [0.2, 0.25) is 5.91 Å². The molecule has 1 amide bonds. The van der Waals surface area contributed by atoms with E-state index >= 15 is 0 Å². The summed E-state index contributed by atoms with van der Waals surface area (Å²) < 4.78 is 22.9. The van der Waals surface area contributed by atoms with Crippen molar-refractivity contribution in [2.75, 3.05) is 31.1 Å². The Kier molecular flexibility index (Phi) is 3.18. The minimum absolute atomic E-state index is 0.0249. The molecule has 0 aromatic rings. The number of carbonyl (C=O) groups is 1. The van der Waals surface area contributed by atoms with Gasteiger partial charge in [-0.15, -0.1) is 0 Å². The number of nitrogens with two attached hydrogens (primary N) is 1. The average molecular weight is 247 g/mol. The van der Waals surface area contributed by atoms with Gasteiger partial charge in [-0.05, 0) is 0 Å². The Morgan fingerprint density at radius 2 is 2.06 bits per heavy atom. The van der Waals surface area contributed by atoms with Crippen LogP contribution in [-0.2, 0) is 14.6 Å². The molecule has 0 saturated carbocycles. The summed E-state index contributed by atoms with van der Waals surface area (Å²) in [4.78, 5) is 13.2. The van der Waals surface area contributed by atoms with Crippen LogP contribution in [0, 0.1) is 0 Å². The van der Waals surface area contributed by atoms with Crippen LogP contribution in [0.5, 0.6) is 0 Å². The minimum Gasteiger partial charge on any atom is -0.355 e. The molecule has 2 heterocycles. The van der Waals surface area contributed by atoms with E-state index in [-0.39, 0.29) is 29.5 Å². The molecule has 0 aliphatic carbocycles. The van der Waals surface area contributed by atoms with E-state index in [1.807, 2.05) is 4.90 Å². The zero-order valence-electron chi connectivity index (χ0n) is 9.05. The van der Waals surface area contributed by atoms with Crippen LogP contribution in [0.2, 0.25) is 0 Å². The zero-order chi connectivity index (χ0) is 11.8. The third-order valence-electron chi connectivity index (χ3n) is 3.18. The van der Waals surface area contributed by atoms with Gasteiger partial charge in [-0.2, -0.15) is 0 Å². The first kappa shape index (κ1) is 11.8. The summed E-state index contributed by atoms with van der Waals surface area (Å²) in [6, 6.07) is -0.448. The van der Waals surface area contributed by atoms with E-state index in [0.29, 0.717) is 26.1 Å². The molecule has 92 valence electrons. The van der Waals surface area contributed by atoms with E-state index in [1.54, 1.807) is 0 Å². The van der Waals surface area contributed by atoms with Gasteiger partial charge in [0.25, 0.3) is 0 Å². The molecule has 2 saturated heterocycles. The number of amides is 1. The summed E-state index contributed by atoms with van der Waals surface area (Å²) >= 11 is 0. The maximum absolute atomic E-state index is 11.5. The van der Waals surface area contributed by atoms with Crippen molar-refractivity contribution >= 4 is 15.7 Å². The predicted molar refractivity (Wildman–Crippen MR) is 59.6 cm³/mol. The fraction of sp³-hybridized carbons (Fsp3) is 0.889. The molecule has 16 heavy (non-hydrogen) atoms. The van der Waals surface area contributed by atoms with Crippen LogP contribution in [0.3, 0.4) is 0 Å². The lowest BCUT2D eigenvalue weighted by Gasteiger charge is -2.28. The lowest BCUT2D eigenvalue weighted by atomic mass is 10.1. The van der Waals surface area contributed by atoms with E-state index in [9.17, 15) is 13.2 Å². The number of nitrogens with zero attached hydrogens (tertiary/aromatic N) is 1. The third kappa shape index (κ3) is 2.53. The number of rotatable bonds is 1. The average Bonchev–Trinajstić information content (AvgIpc) is 2.37. The molecule has 0 radical (unpaired) electrons. The van der Waals surface area contributed by atoms with Gasteiger partial charge in [0.05, 0.1) is 11.5 Å². The van der Waals surface area contributed by atoms with Crippen molar-refractivity contribution in [2.45, 2.75) is 18.5 Å². The van der Waals surface area contributed by atoms with Crippen LogP contribution in [0.15, 0.2) is 0 Å². The molecule has 2 fully saturated rings. The van der Waals surface area contributed by atoms with Gasteiger partial charge in [-0.3, -0.25) is 9.69 Å². The highest BCUT2D eigenvalue weighted by Gasteiger charge is 2.39. The molecular formula is C9H17N3O3S. The summed E-state index contributed by atoms with van der Waals surface area (Å²) in [6.45, 7) is 1.85. The molecule has 2 rings (SSSR count). The van der Waals surface area contributed by atoms with Crippen molar-refractivity contribution in [1.82, 2.24) is 10.2 Å². The molecule has 2 aliphatic rings. The minimum atomic E-state index is -2.99. The summed E-state index contributed by atoms with van der Waals surface area (Å²) in [6.07, 6.45) is 0.420. The van der Waals surface area contributed by atoms with Gasteiger partial charge in [0.15, 0.2) is 9.84 Å². The van der Waals surface area contributed by atoms with Crippen molar-refractivity contribution in [3.63, 3.8) is 0 Å². The van der Waals surface area contributed by atoms with E-state index in [0.717, 1.165) is 0 Å². The van der Waals surface area contributed by atoms with Gasteiger partial charge >= 0.3 is 0 Å². The van der Waals surface area contributed by atoms with Gasteiger partial charge in [-0.1, -0.05) is 0 Å². The molecular weight excluding hydrogens is 230 g/mol. The number of sulfone groups is 1. The normalized spacial score (nSPS) is 35.7. The summed E-state index contributed by atoms with van der Waals surface area (Å²) in [5.74, 6) is 0.217. The summed E-state index contributed by atoms with van der Waals surface area (Å²) in [5, 5.41) is 2.76. The third-order valence-corrected chi connectivity index (χ3v) is 4.92. The Hall–Kier alpha value is -0.660. The van der Waals surface area contributed by atoms with Crippen LogP contribution >= 0.6 is 0 Å². The van der Waals surface area contributed by atoms with Crippen molar-refractivity contribution in [3.05, 3.63) is 0 Å². The lowest BCUT2D eigenvalue weighted by molar-refractivity contribution is -0.120. The highest BCUT2D eigenvalue weighted by molar-refractivity contribution is 7.91. The number of carbonyl (C=O) groups excluding carboxylic acids is 1. The molecule has 0 aromatic carbocycles. The second-order valence-electron chi connectivity index (χ2n) is 4.44. The Balaban J connectivity index is 2.04. The van der Waals surface area contributed by atoms with E-state index < -0.39 is 9.84 Å². The highest BCUT2D eigenvalue weighted by atomic mass is 32.2. The fourth-order valence-corrected chi connectivity index (χ4v) is 4.27. The molecule has 3 N–H and O–H groups in total. The van der Waals surface area contributed by atoms with Crippen LogP contribution in [-0.4, -0.2) is 62.4 Å². The van der Waals surface area contributed by atoms with Crippen molar-refractivity contribution in [3.8, 4) is 0 Å². The second kappa shape index (κ2) is 4.31. The summed E-state index contributed by atoms with van der Waals surface area (Å²) in [7, 11) is -2.99. The number of hydrogen-bond acceptors (Lipinski definition) is 5. The van der Waals surface area contributed by atoms with Crippen LogP contribution in [0.25, 0.3) is 0 Å². The van der Waals surface area contributed by atoms with Gasteiger partial charge in [0.1, 0.15) is 0 Å². The van der Waals surface area contributed by atoms with Crippen LogP contribution < -0.4 is 11.1 Å². The molecule has 0 aromatic heterocycles. The summed E-state index contributed by atoms with van der Waals surface area (Å²) in [5.41, 5.74) is 5.84. The Morgan fingerprint density at radius 1 is 1.31 bits per heavy atom. The molecule has 0 bridgehead atoms. The topological polar surface area (TPSA) is 92.5 Å². The molecule has 2 unspecified atom stereocenters. The van der Waals surface area contributed by atoms with Gasteiger partial charge in [0, 0.05) is 38.1 Å². The van der Waals surface area contributed by atoms with Crippen LogP contribution in [0.4, 0.5) is 0 Å². The van der Waals surface area contributed by atoms with Gasteiger partial charge in [-0.25, -0.2) is 8.42 Å². The van der Waals surface area contributed by atoms with Crippen molar-refractivity contribution < 1.29 is 13.2 Å². The largest absolute Gasteiger partial charge is 0.355 e.